The van der Waals surface area contributed by atoms with E-state index in [-0.39, 0.29) is 23.8 Å². The quantitative estimate of drug-likeness (QED) is 0.443. The van der Waals surface area contributed by atoms with Crippen LogP contribution >= 0.6 is 0 Å². The third kappa shape index (κ3) is 5.36. The predicted octanol–water partition coefficient (Wildman–Crippen LogP) is 4.93. The molecule has 3 atom stereocenters. The van der Waals surface area contributed by atoms with E-state index >= 15 is 0 Å². The third-order valence-corrected chi connectivity index (χ3v) is 7.46. The van der Waals surface area contributed by atoms with Gasteiger partial charge in [0.1, 0.15) is 5.52 Å². The van der Waals surface area contributed by atoms with Crippen LogP contribution in [0.4, 0.5) is 19.0 Å². The molecule has 0 saturated carbocycles. The van der Waals surface area contributed by atoms with E-state index in [4.69, 9.17) is 9.72 Å². The second-order valence-electron chi connectivity index (χ2n) is 9.65. The lowest BCUT2D eigenvalue weighted by Gasteiger charge is -2.49. The standard InChI is InChI=1S/C27H34F3N5O2/c1-6-21-15-35(25-24-23(33(4)26(36)32-25)13-12-20(31-24)16-37-5)22(7-2)14-34(21)17(3)18-8-10-19(11-9-18)27(28,29)30/h8-13,17,21-22H,6-7,14-16H2,1-5H3/t17?,21-,22?/m1/s1. The van der Waals surface area contributed by atoms with Crippen molar-refractivity contribution in [3.63, 3.8) is 0 Å². The lowest BCUT2D eigenvalue weighted by Crippen LogP contribution is -2.59. The molecular weight excluding hydrogens is 483 g/mol. The fourth-order valence-electron chi connectivity index (χ4n) is 5.24. The topological polar surface area (TPSA) is 63.5 Å². The van der Waals surface area contributed by atoms with Crippen molar-refractivity contribution in [3.05, 3.63) is 63.7 Å². The molecular formula is C27H34F3N5O2. The lowest BCUT2D eigenvalue weighted by atomic mass is 9.96. The van der Waals surface area contributed by atoms with E-state index in [0.29, 0.717) is 36.5 Å². The number of anilines is 1. The maximum Gasteiger partial charge on any atom is 0.416 e. The van der Waals surface area contributed by atoms with Gasteiger partial charge in [-0.3, -0.25) is 9.47 Å². The van der Waals surface area contributed by atoms with Crippen molar-refractivity contribution in [2.24, 2.45) is 7.05 Å². The number of hydrogen-bond acceptors (Lipinski definition) is 6. The van der Waals surface area contributed by atoms with Gasteiger partial charge in [-0.1, -0.05) is 26.0 Å². The van der Waals surface area contributed by atoms with Crippen LogP contribution in [0.5, 0.6) is 0 Å². The van der Waals surface area contributed by atoms with Crippen molar-refractivity contribution < 1.29 is 17.9 Å². The van der Waals surface area contributed by atoms with Gasteiger partial charge < -0.3 is 9.64 Å². The zero-order chi connectivity index (χ0) is 26.9. The van der Waals surface area contributed by atoms with Gasteiger partial charge in [-0.2, -0.15) is 18.2 Å². The zero-order valence-electron chi connectivity index (χ0n) is 21.9. The molecule has 0 radical (unpaired) electrons. The number of ether oxygens (including phenoxy) is 1. The van der Waals surface area contributed by atoms with E-state index in [1.165, 1.54) is 4.57 Å². The number of fused-ring (bicyclic) bond motifs is 1. The van der Waals surface area contributed by atoms with Crippen molar-refractivity contribution in [2.75, 3.05) is 25.1 Å². The highest BCUT2D eigenvalue weighted by Gasteiger charge is 2.37. The van der Waals surface area contributed by atoms with E-state index in [1.807, 2.05) is 19.1 Å². The molecule has 10 heteroatoms. The smallest absolute Gasteiger partial charge is 0.378 e. The maximum atomic E-state index is 13.1. The monoisotopic (exact) mass is 517 g/mol. The molecule has 7 nitrogen and oxygen atoms in total. The van der Waals surface area contributed by atoms with E-state index in [1.54, 1.807) is 26.3 Å². The van der Waals surface area contributed by atoms with Gasteiger partial charge in [0.05, 0.1) is 23.4 Å². The second kappa shape index (κ2) is 10.8. The summed E-state index contributed by atoms with van der Waals surface area (Å²) in [6.07, 6.45) is -2.71. The molecule has 37 heavy (non-hydrogen) atoms. The predicted molar refractivity (Wildman–Crippen MR) is 138 cm³/mol. The van der Waals surface area contributed by atoms with Gasteiger partial charge in [0, 0.05) is 45.4 Å². The van der Waals surface area contributed by atoms with E-state index in [2.05, 4.69) is 28.6 Å². The molecule has 1 aromatic carbocycles. The van der Waals surface area contributed by atoms with Crippen LogP contribution in [0.25, 0.3) is 11.0 Å². The SMILES string of the molecule is CCC1CN(C(C)c2ccc(C(F)(F)F)cc2)[C@H](CC)CN1c1nc(=O)n(C)c2ccc(COC)nc12. The summed E-state index contributed by atoms with van der Waals surface area (Å²) in [5.74, 6) is 0.572. The number of alkyl halides is 3. The summed E-state index contributed by atoms with van der Waals surface area (Å²) in [6, 6.07) is 9.28. The van der Waals surface area contributed by atoms with Gasteiger partial charge in [-0.05, 0) is 49.6 Å². The van der Waals surface area contributed by atoms with Crippen LogP contribution in [0.15, 0.2) is 41.2 Å². The van der Waals surface area contributed by atoms with E-state index in [0.717, 1.165) is 36.2 Å². The van der Waals surface area contributed by atoms with Crippen molar-refractivity contribution in [1.29, 1.82) is 0 Å². The van der Waals surface area contributed by atoms with Crippen molar-refractivity contribution in [1.82, 2.24) is 19.4 Å². The molecule has 1 aliphatic heterocycles. The third-order valence-electron chi connectivity index (χ3n) is 7.46. The minimum Gasteiger partial charge on any atom is -0.378 e. The highest BCUT2D eigenvalue weighted by Crippen LogP contribution is 2.35. The Bertz CT molecular complexity index is 1290. The number of aryl methyl sites for hydroxylation is 1. The van der Waals surface area contributed by atoms with Crippen LogP contribution in [-0.2, 0) is 24.6 Å². The first-order valence-corrected chi connectivity index (χ1v) is 12.6. The number of pyridine rings is 1. The summed E-state index contributed by atoms with van der Waals surface area (Å²) in [7, 11) is 3.30. The highest BCUT2D eigenvalue weighted by atomic mass is 19.4. The molecule has 0 spiro atoms. The van der Waals surface area contributed by atoms with Crippen LogP contribution in [-0.4, -0.2) is 51.7 Å². The average Bonchev–Trinajstić information content (AvgIpc) is 2.89. The largest absolute Gasteiger partial charge is 0.416 e. The van der Waals surface area contributed by atoms with Gasteiger partial charge in [-0.15, -0.1) is 0 Å². The van der Waals surface area contributed by atoms with E-state index < -0.39 is 11.7 Å². The summed E-state index contributed by atoms with van der Waals surface area (Å²) in [6.45, 7) is 7.91. The molecule has 3 aromatic rings. The molecule has 0 bridgehead atoms. The normalized spacial score (nSPS) is 19.9. The molecule has 200 valence electrons. The van der Waals surface area contributed by atoms with Crippen molar-refractivity contribution in [3.8, 4) is 0 Å². The first-order chi connectivity index (χ1) is 17.6. The molecule has 0 aliphatic carbocycles. The number of rotatable bonds is 7. The van der Waals surface area contributed by atoms with Crippen molar-refractivity contribution in [2.45, 2.75) is 64.5 Å². The summed E-state index contributed by atoms with van der Waals surface area (Å²) in [5, 5.41) is 0. The number of nitrogens with zero attached hydrogens (tertiary/aromatic N) is 5. The molecule has 1 saturated heterocycles. The number of piperazine rings is 1. The summed E-state index contributed by atoms with van der Waals surface area (Å²) in [4.78, 5) is 26.6. The molecule has 4 rings (SSSR count). The van der Waals surface area contributed by atoms with Gasteiger partial charge in [-0.25, -0.2) is 9.78 Å². The summed E-state index contributed by atoms with van der Waals surface area (Å²) in [5.41, 5.74) is 1.99. The molecule has 2 aromatic heterocycles. The number of benzene rings is 1. The zero-order valence-corrected chi connectivity index (χ0v) is 21.9. The molecule has 1 aliphatic rings. The molecule has 2 unspecified atom stereocenters. The Hall–Kier alpha value is -2.98. The molecule has 0 N–H and O–H groups in total. The van der Waals surface area contributed by atoms with Crippen LogP contribution in [0.2, 0.25) is 0 Å². The fourth-order valence-corrected chi connectivity index (χ4v) is 5.24. The van der Waals surface area contributed by atoms with Gasteiger partial charge >= 0.3 is 11.9 Å². The van der Waals surface area contributed by atoms with E-state index in [9.17, 15) is 18.0 Å². The minimum atomic E-state index is -4.35. The van der Waals surface area contributed by atoms with Gasteiger partial charge in [0.25, 0.3) is 0 Å². The fraction of sp³-hybridized carbons (Fsp3) is 0.519. The summed E-state index contributed by atoms with van der Waals surface area (Å²) >= 11 is 0. The Morgan fingerprint density at radius 3 is 2.30 bits per heavy atom. The van der Waals surface area contributed by atoms with Crippen LogP contribution in [0.1, 0.15) is 56.5 Å². The molecule has 3 heterocycles. The van der Waals surface area contributed by atoms with Gasteiger partial charge in [0.2, 0.25) is 0 Å². The maximum absolute atomic E-state index is 13.1. The Morgan fingerprint density at radius 1 is 1.03 bits per heavy atom. The lowest BCUT2D eigenvalue weighted by molar-refractivity contribution is -0.137. The first-order valence-electron chi connectivity index (χ1n) is 12.6. The first kappa shape index (κ1) is 27.1. The Balaban J connectivity index is 1.70. The number of hydrogen-bond donors (Lipinski definition) is 0. The second-order valence-corrected chi connectivity index (χ2v) is 9.65. The van der Waals surface area contributed by atoms with Crippen molar-refractivity contribution >= 4 is 16.9 Å². The number of aromatic nitrogens is 3. The molecule has 0 amide bonds. The molecule has 1 fully saturated rings. The Kier molecular flexibility index (Phi) is 7.89. The van der Waals surface area contributed by atoms with Gasteiger partial charge in [0.15, 0.2) is 5.82 Å². The number of methoxy groups -OCH3 is 1. The Morgan fingerprint density at radius 2 is 1.70 bits per heavy atom. The van der Waals surface area contributed by atoms with Crippen LogP contribution in [0.3, 0.4) is 0 Å². The number of halogens is 3. The Labute approximate surface area is 214 Å². The highest BCUT2D eigenvalue weighted by molar-refractivity contribution is 5.86. The van der Waals surface area contributed by atoms with Crippen LogP contribution < -0.4 is 10.6 Å². The van der Waals surface area contributed by atoms with Crippen LogP contribution in [0, 0.1) is 0 Å². The minimum absolute atomic E-state index is 0.0513. The summed E-state index contributed by atoms with van der Waals surface area (Å²) < 4.78 is 46.0. The average molecular weight is 518 g/mol.